The number of hydrogen-bond donors (Lipinski definition) is 2. The van der Waals surface area contributed by atoms with Gasteiger partial charge in [0, 0.05) is 17.5 Å². The van der Waals surface area contributed by atoms with Gasteiger partial charge in [-0.15, -0.1) is 11.8 Å². The highest BCUT2D eigenvalue weighted by molar-refractivity contribution is 8.00. The fourth-order valence-electron chi connectivity index (χ4n) is 3.14. The number of hydrogen-bond acceptors (Lipinski definition) is 5. The molecule has 0 aliphatic carbocycles. The molecule has 0 fully saturated rings. The third-order valence-corrected chi connectivity index (χ3v) is 6.70. The van der Waals surface area contributed by atoms with Crippen molar-refractivity contribution in [1.29, 1.82) is 0 Å². The van der Waals surface area contributed by atoms with Crippen molar-refractivity contribution in [3.05, 3.63) is 83.9 Å². The third kappa shape index (κ3) is 5.31. The maximum atomic E-state index is 13.3. The normalized spacial score (nSPS) is 11.8. The molecule has 4 aromatic rings. The number of carbonyl (C=O) groups is 2. The highest BCUT2D eigenvalue weighted by atomic mass is 32.2. The minimum atomic E-state index is -0.470. The highest BCUT2D eigenvalue weighted by Crippen LogP contribution is 2.38. The molecule has 0 saturated heterocycles. The largest absolute Gasteiger partial charge is 0.326 e. The second-order valence-corrected chi connectivity index (χ2v) is 9.31. The monoisotopic (exact) mass is 447 g/mol. The van der Waals surface area contributed by atoms with Crippen molar-refractivity contribution in [2.75, 3.05) is 10.6 Å². The molecule has 0 aliphatic rings. The summed E-state index contributed by atoms with van der Waals surface area (Å²) in [5.74, 6) is -0.275. The minimum absolute atomic E-state index is 0.134. The van der Waals surface area contributed by atoms with Crippen LogP contribution in [0, 0.1) is 6.92 Å². The summed E-state index contributed by atoms with van der Waals surface area (Å²) in [6.07, 6.45) is 0. The molecule has 2 N–H and O–H groups in total. The van der Waals surface area contributed by atoms with Gasteiger partial charge in [-0.2, -0.15) is 0 Å². The van der Waals surface area contributed by atoms with Gasteiger partial charge in [-0.3, -0.25) is 9.59 Å². The number of carbonyl (C=O) groups excluding carboxylic acids is 2. The molecule has 1 heterocycles. The van der Waals surface area contributed by atoms with E-state index in [-0.39, 0.29) is 11.8 Å². The first-order chi connectivity index (χ1) is 15.0. The SMILES string of the molecule is CC(=O)Nc1cccc(SC(C(=O)Nc2nc3ccc(C)cc3s2)c2ccccc2)c1. The lowest BCUT2D eigenvalue weighted by molar-refractivity contribution is -0.116. The summed E-state index contributed by atoms with van der Waals surface area (Å²) in [6.45, 7) is 3.51. The molecular formula is C24H21N3O2S2. The van der Waals surface area contributed by atoms with Crippen LogP contribution in [-0.2, 0) is 9.59 Å². The number of thiazole rings is 1. The van der Waals surface area contributed by atoms with Crippen LogP contribution in [0.2, 0.25) is 0 Å². The van der Waals surface area contributed by atoms with Gasteiger partial charge in [-0.05, 0) is 48.4 Å². The van der Waals surface area contributed by atoms with Gasteiger partial charge in [0.25, 0.3) is 0 Å². The summed E-state index contributed by atoms with van der Waals surface area (Å²) in [4.78, 5) is 30.1. The summed E-state index contributed by atoms with van der Waals surface area (Å²) in [5.41, 5.74) is 3.63. The average Bonchev–Trinajstić information content (AvgIpc) is 3.13. The van der Waals surface area contributed by atoms with Crippen molar-refractivity contribution >= 4 is 55.9 Å². The number of amides is 2. The molecule has 7 heteroatoms. The Morgan fingerprint density at radius 1 is 0.968 bits per heavy atom. The molecule has 1 aromatic heterocycles. The molecule has 0 saturated carbocycles. The third-order valence-electron chi connectivity index (χ3n) is 4.52. The van der Waals surface area contributed by atoms with Crippen molar-refractivity contribution in [3.8, 4) is 0 Å². The zero-order chi connectivity index (χ0) is 21.8. The molecule has 3 aromatic carbocycles. The van der Waals surface area contributed by atoms with Crippen LogP contribution >= 0.6 is 23.1 Å². The second-order valence-electron chi connectivity index (χ2n) is 7.10. The van der Waals surface area contributed by atoms with Crippen LogP contribution in [-0.4, -0.2) is 16.8 Å². The lowest BCUT2D eigenvalue weighted by atomic mass is 10.1. The molecule has 0 radical (unpaired) electrons. The van der Waals surface area contributed by atoms with E-state index in [1.165, 1.54) is 30.0 Å². The fourth-order valence-corrected chi connectivity index (χ4v) is 5.19. The van der Waals surface area contributed by atoms with Crippen LogP contribution in [0.4, 0.5) is 10.8 Å². The predicted molar refractivity (Wildman–Crippen MR) is 129 cm³/mol. The van der Waals surface area contributed by atoms with Gasteiger partial charge in [0.1, 0.15) is 5.25 Å². The summed E-state index contributed by atoms with van der Waals surface area (Å²) in [6, 6.07) is 23.2. The first-order valence-electron chi connectivity index (χ1n) is 9.75. The molecule has 1 unspecified atom stereocenters. The van der Waals surface area contributed by atoms with E-state index in [0.717, 1.165) is 26.2 Å². The molecule has 0 spiro atoms. The van der Waals surface area contributed by atoms with E-state index in [4.69, 9.17) is 0 Å². The molecular weight excluding hydrogens is 426 g/mol. The smallest absolute Gasteiger partial charge is 0.244 e. The van der Waals surface area contributed by atoms with E-state index >= 15 is 0 Å². The average molecular weight is 448 g/mol. The minimum Gasteiger partial charge on any atom is -0.326 e. The van der Waals surface area contributed by atoms with Crippen LogP contribution in [0.5, 0.6) is 0 Å². The number of fused-ring (bicyclic) bond motifs is 1. The summed E-state index contributed by atoms with van der Waals surface area (Å²) >= 11 is 2.90. The fraction of sp³-hybridized carbons (Fsp3) is 0.125. The van der Waals surface area contributed by atoms with Crippen molar-refractivity contribution < 1.29 is 9.59 Å². The molecule has 4 rings (SSSR count). The maximum absolute atomic E-state index is 13.3. The topological polar surface area (TPSA) is 71.1 Å². The number of nitrogens with one attached hydrogen (secondary N) is 2. The maximum Gasteiger partial charge on any atom is 0.244 e. The number of nitrogens with zero attached hydrogens (tertiary/aromatic N) is 1. The lowest BCUT2D eigenvalue weighted by Gasteiger charge is -2.16. The summed E-state index contributed by atoms with van der Waals surface area (Å²) in [5, 5.41) is 5.89. The van der Waals surface area contributed by atoms with Crippen LogP contribution < -0.4 is 10.6 Å². The highest BCUT2D eigenvalue weighted by Gasteiger charge is 2.23. The van der Waals surface area contributed by atoms with Gasteiger partial charge < -0.3 is 10.6 Å². The molecule has 2 amide bonds. The standard InChI is InChI=1S/C24H21N3O2S2/c1-15-11-12-20-21(13-15)31-24(26-20)27-23(29)22(17-7-4-3-5-8-17)30-19-10-6-9-18(14-19)25-16(2)28/h3-14,22H,1-2H3,(H,25,28)(H,26,27,29). The molecule has 5 nitrogen and oxygen atoms in total. The molecule has 156 valence electrons. The van der Waals surface area contributed by atoms with Crippen LogP contribution in [0.25, 0.3) is 10.2 Å². The number of benzene rings is 3. The van der Waals surface area contributed by atoms with E-state index in [1.54, 1.807) is 0 Å². The van der Waals surface area contributed by atoms with Crippen LogP contribution in [0.15, 0.2) is 77.7 Å². The zero-order valence-electron chi connectivity index (χ0n) is 17.1. The number of thioether (sulfide) groups is 1. The van der Waals surface area contributed by atoms with E-state index in [9.17, 15) is 9.59 Å². The first kappa shape index (κ1) is 21.1. The van der Waals surface area contributed by atoms with Crippen molar-refractivity contribution in [3.63, 3.8) is 0 Å². The zero-order valence-corrected chi connectivity index (χ0v) is 18.7. The Bertz CT molecular complexity index is 1240. The van der Waals surface area contributed by atoms with Gasteiger partial charge in [-0.25, -0.2) is 4.98 Å². The lowest BCUT2D eigenvalue weighted by Crippen LogP contribution is -2.19. The van der Waals surface area contributed by atoms with Crippen LogP contribution in [0.1, 0.15) is 23.3 Å². The predicted octanol–water partition coefficient (Wildman–Crippen LogP) is 6.04. The molecule has 0 bridgehead atoms. The van der Waals surface area contributed by atoms with Gasteiger partial charge in [-0.1, -0.05) is 53.8 Å². The Balaban J connectivity index is 1.60. The first-order valence-corrected chi connectivity index (χ1v) is 11.4. The Kier molecular flexibility index (Phi) is 6.34. The second kappa shape index (κ2) is 9.32. The Morgan fingerprint density at radius 2 is 1.77 bits per heavy atom. The Morgan fingerprint density at radius 3 is 2.55 bits per heavy atom. The van der Waals surface area contributed by atoms with Crippen molar-refractivity contribution in [1.82, 2.24) is 4.98 Å². The van der Waals surface area contributed by atoms with Gasteiger partial charge in [0.2, 0.25) is 11.8 Å². The number of aromatic nitrogens is 1. The Hall–Kier alpha value is -3.16. The molecule has 0 aliphatic heterocycles. The van der Waals surface area contributed by atoms with Crippen molar-refractivity contribution in [2.24, 2.45) is 0 Å². The molecule has 31 heavy (non-hydrogen) atoms. The van der Waals surface area contributed by atoms with Gasteiger partial charge in [0.05, 0.1) is 10.2 Å². The van der Waals surface area contributed by atoms with Crippen LogP contribution in [0.3, 0.4) is 0 Å². The molecule has 1 atom stereocenters. The summed E-state index contributed by atoms with van der Waals surface area (Å²) < 4.78 is 1.04. The number of anilines is 2. The number of rotatable bonds is 6. The quantitative estimate of drug-likeness (QED) is 0.354. The van der Waals surface area contributed by atoms with E-state index < -0.39 is 5.25 Å². The number of aryl methyl sites for hydroxylation is 1. The summed E-state index contributed by atoms with van der Waals surface area (Å²) in [7, 11) is 0. The van der Waals surface area contributed by atoms with Gasteiger partial charge >= 0.3 is 0 Å². The van der Waals surface area contributed by atoms with Gasteiger partial charge in [0.15, 0.2) is 5.13 Å². The van der Waals surface area contributed by atoms with E-state index in [0.29, 0.717) is 10.8 Å². The Labute approximate surface area is 188 Å². The van der Waals surface area contributed by atoms with E-state index in [2.05, 4.69) is 21.7 Å². The van der Waals surface area contributed by atoms with E-state index in [1.807, 2.05) is 73.7 Å². The van der Waals surface area contributed by atoms with Crippen molar-refractivity contribution in [2.45, 2.75) is 24.0 Å².